The molecular formula is C52H32N4O4S. The number of hydrogen-bond donors (Lipinski definition) is 0. The van der Waals surface area contributed by atoms with Crippen LogP contribution in [0.3, 0.4) is 0 Å². The summed E-state index contributed by atoms with van der Waals surface area (Å²) in [6, 6.07) is 22.6. The van der Waals surface area contributed by atoms with E-state index in [-0.39, 0.29) is 66.5 Å². The molecular weight excluding hydrogens is 777 g/mol. The van der Waals surface area contributed by atoms with E-state index in [9.17, 15) is 40.2 Å². The minimum Gasteiger partial charge on any atom is -0.288 e. The summed E-state index contributed by atoms with van der Waals surface area (Å²) < 4.78 is 2.28. The van der Waals surface area contributed by atoms with Gasteiger partial charge >= 0.3 is 0 Å². The Kier molecular flexibility index (Phi) is 7.89. The van der Waals surface area contributed by atoms with E-state index < -0.39 is 23.1 Å². The van der Waals surface area contributed by atoms with Gasteiger partial charge in [0, 0.05) is 53.3 Å². The summed E-state index contributed by atoms with van der Waals surface area (Å²) in [6.07, 6.45) is 17.6. The summed E-state index contributed by atoms with van der Waals surface area (Å²) in [5, 5.41) is 40.7. The second-order valence-electron chi connectivity index (χ2n) is 17.2. The van der Waals surface area contributed by atoms with Crippen molar-refractivity contribution in [2.24, 2.45) is 0 Å². The van der Waals surface area contributed by atoms with Crippen LogP contribution >= 0.6 is 11.3 Å². The number of thiophene rings is 1. The standard InChI is InChI=1S/C52H32N4O4S/c53-23-29-13-37-38(14-30(29)24-54)48(58)41(47(37)57)19-33-11-27-17-45-35(21-43(27)51(33)7-3-1-4-8-51)36-22-44-28(18-46(36)61-45)12-34(52(44)9-5-2-6-10-52)20-42-49(59)39-15-31(25-55)32(26-56)16-40(39)50(42)60/h11-22H,1-10H2. The van der Waals surface area contributed by atoms with Crippen molar-refractivity contribution in [2.75, 3.05) is 0 Å². The van der Waals surface area contributed by atoms with E-state index in [2.05, 4.69) is 36.4 Å². The monoisotopic (exact) mass is 808 g/mol. The maximum Gasteiger partial charge on any atom is 0.197 e. The third kappa shape index (κ3) is 4.99. The highest BCUT2D eigenvalue weighted by atomic mass is 32.1. The Morgan fingerprint density at radius 1 is 0.459 bits per heavy atom. The Labute approximate surface area is 354 Å². The number of benzene rings is 4. The molecule has 0 atom stereocenters. The lowest BCUT2D eigenvalue weighted by Crippen LogP contribution is -2.29. The van der Waals surface area contributed by atoms with Crippen LogP contribution in [0.2, 0.25) is 0 Å². The van der Waals surface area contributed by atoms with Crippen molar-refractivity contribution < 1.29 is 19.2 Å². The highest BCUT2D eigenvalue weighted by Gasteiger charge is 2.46. The van der Waals surface area contributed by atoms with Crippen LogP contribution in [0.1, 0.15) is 150 Å². The van der Waals surface area contributed by atoms with E-state index in [1.54, 1.807) is 23.5 Å². The normalized spacial score (nSPS) is 19.0. The van der Waals surface area contributed by atoms with Crippen molar-refractivity contribution in [1.29, 1.82) is 21.0 Å². The molecule has 5 aromatic rings. The molecule has 0 amide bonds. The summed E-state index contributed by atoms with van der Waals surface area (Å²) >= 11 is 1.72. The number of fused-ring (bicyclic) bond motifs is 9. The van der Waals surface area contributed by atoms with E-state index >= 15 is 0 Å². The summed E-state index contributed by atoms with van der Waals surface area (Å²) in [6.45, 7) is 0. The second-order valence-corrected chi connectivity index (χ2v) is 18.3. The Hall–Kier alpha value is -7.30. The van der Waals surface area contributed by atoms with E-state index in [4.69, 9.17) is 0 Å². The van der Waals surface area contributed by atoms with E-state index in [0.29, 0.717) is 0 Å². The van der Waals surface area contributed by atoms with Crippen molar-refractivity contribution in [1.82, 2.24) is 0 Å². The van der Waals surface area contributed by atoms with Crippen molar-refractivity contribution in [3.05, 3.63) is 150 Å². The van der Waals surface area contributed by atoms with E-state index in [1.807, 2.05) is 24.3 Å². The molecule has 0 bridgehead atoms. The van der Waals surface area contributed by atoms with Gasteiger partial charge in [0.05, 0.1) is 33.4 Å². The predicted octanol–water partition coefficient (Wildman–Crippen LogP) is 10.8. The van der Waals surface area contributed by atoms with E-state index in [1.165, 1.54) is 35.4 Å². The first-order valence-corrected chi connectivity index (χ1v) is 21.5. The van der Waals surface area contributed by atoms with Crippen LogP contribution in [-0.2, 0) is 10.8 Å². The summed E-state index contributed by atoms with van der Waals surface area (Å²) in [4.78, 5) is 55.2. The Morgan fingerprint density at radius 2 is 0.787 bits per heavy atom. The van der Waals surface area contributed by atoms with Crippen molar-refractivity contribution >= 4 is 66.8 Å². The van der Waals surface area contributed by atoms with E-state index in [0.717, 1.165) is 107 Å². The van der Waals surface area contributed by atoms with Crippen LogP contribution in [0, 0.1) is 45.3 Å². The zero-order chi connectivity index (χ0) is 41.9. The summed E-state index contributed by atoms with van der Waals surface area (Å²) in [5.74, 6) is -1.68. The quantitative estimate of drug-likeness (QED) is 0.126. The maximum atomic E-state index is 13.8. The third-order valence-corrected chi connectivity index (χ3v) is 15.5. The highest BCUT2D eigenvalue weighted by Crippen LogP contribution is 2.57. The number of nitriles is 4. The van der Waals surface area contributed by atoms with Gasteiger partial charge in [-0.2, -0.15) is 21.0 Å². The van der Waals surface area contributed by atoms with Gasteiger partial charge in [-0.25, -0.2) is 0 Å². The van der Waals surface area contributed by atoms with Crippen LogP contribution in [0.25, 0.3) is 32.3 Å². The number of nitrogens with zero attached hydrogens (tertiary/aromatic N) is 4. The number of allylic oxidation sites excluding steroid dienone is 6. The molecule has 9 heteroatoms. The molecule has 0 aliphatic heterocycles. The average Bonchev–Trinajstić information content (AvgIpc) is 4.00. The number of hydrogen-bond acceptors (Lipinski definition) is 9. The lowest BCUT2D eigenvalue weighted by atomic mass is 9.66. The molecule has 2 spiro atoms. The molecule has 8 nitrogen and oxygen atoms in total. The van der Waals surface area contributed by atoms with Gasteiger partial charge in [-0.05, 0) is 120 Å². The summed E-state index contributed by atoms with van der Waals surface area (Å²) in [5.41, 5.74) is 6.83. The van der Waals surface area contributed by atoms with Crippen LogP contribution in [-0.4, -0.2) is 23.1 Å². The first-order valence-electron chi connectivity index (χ1n) is 20.7. The van der Waals surface area contributed by atoms with Crippen LogP contribution in [0.4, 0.5) is 0 Å². The van der Waals surface area contributed by atoms with Gasteiger partial charge in [-0.3, -0.25) is 19.2 Å². The number of carbonyl (C=O) groups is 4. The highest BCUT2D eigenvalue weighted by molar-refractivity contribution is 7.25. The maximum absolute atomic E-state index is 13.8. The first-order chi connectivity index (χ1) is 29.6. The van der Waals surface area contributed by atoms with Gasteiger partial charge in [0.25, 0.3) is 0 Å². The smallest absolute Gasteiger partial charge is 0.197 e. The van der Waals surface area contributed by atoms with Crippen LogP contribution in [0.5, 0.6) is 0 Å². The molecule has 1 heterocycles. The van der Waals surface area contributed by atoms with Crippen LogP contribution < -0.4 is 0 Å². The van der Waals surface area contributed by atoms with Gasteiger partial charge < -0.3 is 0 Å². The van der Waals surface area contributed by atoms with Gasteiger partial charge in [0.2, 0.25) is 0 Å². The molecule has 0 unspecified atom stereocenters. The first kappa shape index (κ1) is 36.8. The molecule has 0 radical (unpaired) electrons. The lowest BCUT2D eigenvalue weighted by Gasteiger charge is -2.37. The van der Waals surface area contributed by atoms with Gasteiger partial charge in [0.1, 0.15) is 24.3 Å². The van der Waals surface area contributed by atoms with Crippen molar-refractivity contribution in [3.63, 3.8) is 0 Å². The zero-order valence-corrected chi connectivity index (χ0v) is 33.6. The molecule has 2 saturated carbocycles. The second kappa shape index (κ2) is 13.1. The van der Waals surface area contributed by atoms with Gasteiger partial charge in [0.15, 0.2) is 23.1 Å². The fourth-order valence-corrected chi connectivity index (χ4v) is 12.5. The molecule has 61 heavy (non-hydrogen) atoms. The molecule has 0 saturated heterocycles. The SMILES string of the molecule is N#Cc1cc2c(cc1C#N)C(=O)C(=CC1=Cc3cc4sc5cc6c(cc5c4cc3C13CCCCC3)C1(CCCCC1)C(C=C1C(=O)c3cc(C#N)c(C#N)cc3C1=O)=C6)C2=O. The minimum atomic E-state index is -0.419. The number of Topliss-reactive ketones (excluding diaryl/α,β-unsaturated/α-hetero) is 4. The summed E-state index contributed by atoms with van der Waals surface area (Å²) in [7, 11) is 0. The Balaban J connectivity index is 1.01. The number of rotatable bonds is 2. The number of carbonyl (C=O) groups excluding carboxylic acids is 4. The molecule has 290 valence electrons. The minimum absolute atomic E-state index is 0.0700. The fraction of sp³-hybridized carbons (Fsp3) is 0.231. The molecule has 1 aromatic heterocycles. The van der Waals surface area contributed by atoms with Gasteiger partial charge in [-0.15, -0.1) is 11.3 Å². The molecule has 11 rings (SSSR count). The van der Waals surface area contributed by atoms with Crippen molar-refractivity contribution in [3.8, 4) is 24.3 Å². The number of ketones is 4. The Morgan fingerprint density at radius 3 is 1.10 bits per heavy atom. The fourth-order valence-electron chi connectivity index (χ4n) is 11.4. The largest absolute Gasteiger partial charge is 0.288 e. The third-order valence-electron chi connectivity index (χ3n) is 14.3. The topological polar surface area (TPSA) is 163 Å². The molecule has 2 fully saturated rings. The zero-order valence-electron chi connectivity index (χ0n) is 32.8. The predicted molar refractivity (Wildman–Crippen MR) is 230 cm³/mol. The van der Waals surface area contributed by atoms with Crippen LogP contribution in [0.15, 0.2) is 83.0 Å². The molecule has 6 aliphatic rings. The van der Waals surface area contributed by atoms with Crippen molar-refractivity contribution in [2.45, 2.75) is 75.0 Å². The lowest BCUT2D eigenvalue weighted by molar-refractivity contribution is 0.0973. The average molecular weight is 809 g/mol. The Bertz CT molecular complexity index is 3000. The molecule has 4 aromatic carbocycles. The molecule has 0 N–H and O–H groups in total. The van der Waals surface area contributed by atoms with Gasteiger partial charge in [-0.1, -0.05) is 50.7 Å². The molecule has 6 aliphatic carbocycles.